The summed E-state index contributed by atoms with van der Waals surface area (Å²) in [6.45, 7) is 4.01. The number of hydrogen-bond acceptors (Lipinski definition) is 4. The molecule has 0 bridgehead atoms. The van der Waals surface area contributed by atoms with Crippen LogP contribution in [0.5, 0.6) is 0 Å². The zero-order chi connectivity index (χ0) is 22.3. The van der Waals surface area contributed by atoms with Gasteiger partial charge in [0.1, 0.15) is 0 Å². The standard InChI is InChI=1S/C26H28N4O2/c1-2-19-8-5-6-12-23(19)29-26(32)25(31)28-17-24(21-11-7-14-27-16-21)30-15-13-20-9-3-4-10-22(20)18-30/h3-12,14,16,24H,2,13,15,17-18H2,1H3,(H,28,31)(H,29,32)/t24-/m0/s1. The molecule has 164 valence electrons. The number of nitrogens with one attached hydrogen (secondary N) is 2. The van der Waals surface area contributed by atoms with Crippen LogP contribution in [0, 0.1) is 0 Å². The third-order valence-electron chi connectivity index (χ3n) is 5.98. The number of benzene rings is 2. The molecule has 1 aliphatic heterocycles. The minimum atomic E-state index is -0.653. The number of para-hydroxylation sites is 1. The van der Waals surface area contributed by atoms with Crippen LogP contribution in [0.15, 0.2) is 73.1 Å². The summed E-state index contributed by atoms with van der Waals surface area (Å²) < 4.78 is 0. The lowest BCUT2D eigenvalue weighted by Crippen LogP contribution is -2.43. The highest BCUT2D eigenvalue weighted by molar-refractivity contribution is 6.39. The summed E-state index contributed by atoms with van der Waals surface area (Å²) in [5.74, 6) is -1.29. The normalized spacial score (nSPS) is 14.3. The van der Waals surface area contributed by atoms with E-state index in [0.717, 1.165) is 37.1 Å². The number of carbonyl (C=O) groups is 2. The number of aryl methyl sites for hydroxylation is 1. The van der Waals surface area contributed by atoms with Crippen LogP contribution >= 0.6 is 0 Å². The van der Waals surface area contributed by atoms with Crippen molar-refractivity contribution in [2.75, 3.05) is 18.4 Å². The molecule has 32 heavy (non-hydrogen) atoms. The van der Waals surface area contributed by atoms with Gasteiger partial charge < -0.3 is 10.6 Å². The molecule has 2 aromatic carbocycles. The lowest BCUT2D eigenvalue weighted by atomic mass is 9.97. The smallest absolute Gasteiger partial charge is 0.313 e. The number of hydrogen-bond donors (Lipinski definition) is 2. The van der Waals surface area contributed by atoms with Crippen LogP contribution in [-0.2, 0) is 29.0 Å². The Hall–Kier alpha value is -3.51. The topological polar surface area (TPSA) is 74.3 Å². The van der Waals surface area contributed by atoms with E-state index in [1.807, 2.05) is 49.5 Å². The van der Waals surface area contributed by atoms with Gasteiger partial charge in [-0.25, -0.2) is 0 Å². The molecular formula is C26H28N4O2. The highest BCUT2D eigenvalue weighted by Crippen LogP contribution is 2.27. The van der Waals surface area contributed by atoms with Crippen molar-refractivity contribution < 1.29 is 9.59 Å². The van der Waals surface area contributed by atoms with Gasteiger partial charge in [-0.1, -0.05) is 55.5 Å². The maximum absolute atomic E-state index is 12.6. The van der Waals surface area contributed by atoms with Crippen molar-refractivity contribution in [3.05, 3.63) is 95.3 Å². The van der Waals surface area contributed by atoms with Crippen molar-refractivity contribution in [1.29, 1.82) is 0 Å². The second-order valence-electron chi connectivity index (χ2n) is 7.97. The van der Waals surface area contributed by atoms with Crippen molar-refractivity contribution in [3.8, 4) is 0 Å². The number of pyridine rings is 1. The van der Waals surface area contributed by atoms with E-state index in [0.29, 0.717) is 12.2 Å². The summed E-state index contributed by atoms with van der Waals surface area (Å²) >= 11 is 0. The van der Waals surface area contributed by atoms with Crippen LogP contribution in [0.3, 0.4) is 0 Å². The van der Waals surface area contributed by atoms with Gasteiger partial charge in [-0.2, -0.15) is 0 Å². The van der Waals surface area contributed by atoms with Crippen molar-refractivity contribution in [2.45, 2.75) is 32.4 Å². The van der Waals surface area contributed by atoms with Crippen LogP contribution in [0.25, 0.3) is 0 Å². The summed E-state index contributed by atoms with van der Waals surface area (Å²) in [6.07, 6.45) is 5.30. The molecule has 3 aromatic rings. The molecule has 0 fully saturated rings. The molecule has 0 radical (unpaired) electrons. The Bertz CT molecular complexity index is 1080. The van der Waals surface area contributed by atoms with Gasteiger partial charge in [0, 0.05) is 37.7 Å². The first-order valence-corrected chi connectivity index (χ1v) is 11.0. The number of anilines is 1. The van der Waals surface area contributed by atoms with Crippen LogP contribution in [0.2, 0.25) is 0 Å². The lowest BCUT2D eigenvalue weighted by Gasteiger charge is -2.35. The van der Waals surface area contributed by atoms with Gasteiger partial charge in [-0.05, 0) is 47.2 Å². The van der Waals surface area contributed by atoms with E-state index < -0.39 is 11.8 Å². The van der Waals surface area contributed by atoms with Crippen molar-refractivity contribution in [2.24, 2.45) is 0 Å². The lowest BCUT2D eigenvalue weighted by molar-refractivity contribution is -0.136. The molecule has 2 heterocycles. The van der Waals surface area contributed by atoms with Gasteiger partial charge in [0.05, 0.1) is 6.04 Å². The second-order valence-corrected chi connectivity index (χ2v) is 7.97. The van der Waals surface area contributed by atoms with Crippen LogP contribution in [-0.4, -0.2) is 34.8 Å². The first kappa shape index (κ1) is 21.7. The Morgan fingerprint density at radius 2 is 1.78 bits per heavy atom. The molecule has 6 nitrogen and oxygen atoms in total. The van der Waals surface area contributed by atoms with E-state index in [9.17, 15) is 9.59 Å². The Balaban J connectivity index is 1.45. The largest absolute Gasteiger partial charge is 0.346 e. The highest BCUT2D eigenvalue weighted by Gasteiger charge is 2.26. The van der Waals surface area contributed by atoms with E-state index in [-0.39, 0.29) is 6.04 Å². The average Bonchev–Trinajstić information content (AvgIpc) is 2.85. The molecular weight excluding hydrogens is 400 g/mol. The second kappa shape index (κ2) is 10.2. The first-order valence-electron chi connectivity index (χ1n) is 11.0. The van der Waals surface area contributed by atoms with Crippen molar-refractivity contribution >= 4 is 17.5 Å². The van der Waals surface area contributed by atoms with E-state index in [1.54, 1.807) is 6.20 Å². The molecule has 6 heteroatoms. The van der Waals surface area contributed by atoms with Crippen molar-refractivity contribution in [1.82, 2.24) is 15.2 Å². The maximum atomic E-state index is 12.6. The number of aromatic nitrogens is 1. The van der Waals surface area contributed by atoms with Gasteiger partial charge in [-0.3, -0.25) is 19.5 Å². The molecule has 0 saturated heterocycles. The van der Waals surface area contributed by atoms with Crippen LogP contribution < -0.4 is 10.6 Å². The zero-order valence-corrected chi connectivity index (χ0v) is 18.3. The van der Waals surface area contributed by atoms with Gasteiger partial charge >= 0.3 is 11.8 Å². The first-order chi connectivity index (χ1) is 15.7. The summed E-state index contributed by atoms with van der Waals surface area (Å²) in [6, 6.07) is 19.8. The summed E-state index contributed by atoms with van der Waals surface area (Å²) in [5.41, 5.74) is 5.35. The fraction of sp³-hybridized carbons (Fsp3) is 0.269. The maximum Gasteiger partial charge on any atom is 0.313 e. The minimum Gasteiger partial charge on any atom is -0.346 e. The minimum absolute atomic E-state index is 0.0725. The van der Waals surface area contributed by atoms with Crippen molar-refractivity contribution in [3.63, 3.8) is 0 Å². The molecule has 1 aliphatic rings. The van der Waals surface area contributed by atoms with E-state index in [2.05, 4.69) is 44.8 Å². The van der Waals surface area contributed by atoms with E-state index in [4.69, 9.17) is 0 Å². The predicted octanol–water partition coefficient (Wildman–Crippen LogP) is 3.50. The number of amides is 2. The third-order valence-corrected chi connectivity index (χ3v) is 5.98. The third kappa shape index (κ3) is 5.03. The SMILES string of the molecule is CCc1ccccc1NC(=O)C(=O)NC[C@@H](c1cccnc1)N1CCc2ccccc2C1. The highest BCUT2D eigenvalue weighted by atomic mass is 16.2. The van der Waals surface area contributed by atoms with Gasteiger partial charge in [0.2, 0.25) is 0 Å². The number of fused-ring (bicyclic) bond motifs is 1. The molecule has 1 aromatic heterocycles. The summed E-state index contributed by atoms with van der Waals surface area (Å²) in [4.78, 5) is 31.7. The summed E-state index contributed by atoms with van der Waals surface area (Å²) in [7, 11) is 0. The molecule has 2 N–H and O–H groups in total. The average molecular weight is 429 g/mol. The Kier molecular flexibility index (Phi) is 6.92. The van der Waals surface area contributed by atoms with Gasteiger partial charge in [-0.15, -0.1) is 0 Å². The monoisotopic (exact) mass is 428 g/mol. The van der Waals surface area contributed by atoms with Gasteiger partial charge in [0.15, 0.2) is 0 Å². The molecule has 2 amide bonds. The fourth-order valence-corrected chi connectivity index (χ4v) is 4.21. The number of nitrogens with zero attached hydrogens (tertiary/aromatic N) is 2. The Labute approximate surface area is 188 Å². The molecule has 0 unspecified atom stereocenters. The molecule has 4 rings (SSSR count). The fourth-order valence-electron chi connectivity index (χ4n) is 4.21. The molecule has 0 saturated carbocycles. The summed E-state index contributed by atoms with van der Waals surface area (Å²) in [5, 5.41) is 5.58. The Morgan fingerprint density at radius 1 is 1.00 bits per heavy atom. The van der Waals surface area contributed by atoms with Gasteiger partial charge in [0.25, 0.3) is 0 Å². The Morgan fingerprint density at radius 3 is 2.56 bits per heavy atom. The predicted molar refractivity (Wildman–Crippen MR) is 125 cm³/mol. The number of rotatable bonds is 6. The molecule has 0 spiro atoms. The zero-order valence-electron chi connectivity index (χ0n) is 18.3. The van der Waals surface area contributed by atoms with Crippen LogP contribution in [0.4, 0.5) is 5.69 Å². The van der Waals surface area contributed by atoms with E-state index >= 15 is 0 Å². The number of carbonyl (C=O) groups excluding carboxylic acids is 2. The van der Waals surface area contributed by atoms with Crippen LogP contribution in [0.1, 0.15) is 35.2 Å². The molecule has 1 atom stereocenters. The van der Waals surface area contributed by atoms with E-state index in [1.165, 1.54) is 11.1 Å². The quantitative estimate of drug-likeness (QED) is 0.590. The molecule has 0 aliphatic carbocycles.